The van der Waals surface area contributed by atoms with E-state index in [0.29, 0.717) is 5.75 Å². The second-order valence-electron chi connectivity index (χ2n) is 5.48. The van der Waals surface area contributed by atoms with E-state index in [9.17, 15) is 4.79 Å². The monoisotopic (exact) mass is 338 g/mol. The normalized spacial score (nSPS) is 10.4. The van der Waals surface area contributed by atoms with Gasteiger partial charge in [-0.15, -0.1) is 11.3 Å². The highest BCUT2D eigenvalue weighted by Gasteiger charge is 2.06. The van der Waals surface area contributed by atoms with Crippen LogP contribution in [0.25, 0.3) is 11.3 Å². The van der Waals surface area contributed by atoms with Crippen LogP contribution in [0.5, 0.6) is 5.75 Å². The molecule has 3 rings (SSSR count). The molecule has 0 atom stereocenters. The van der Waals surface area contributed by atoms with Gasteiger partial charge in [-0.25, -0.2) is 4.98 Å². The molecule has 122 valence electrons. The summed E-state index contributed by atoms with van der Waals surface area (Å²) in [6.45, 7) is 3.97. The fourth-order valence-electron chi connectivity index (χ4n) is 2.20. The largest absolute Gasteiger partial charge is 0.484 e. The number of rotatable bonds is 5. The first-order valence-electron chi connectivity index (χ1n) is 7.62. The Kier molecular flexibility index (Phi) is 4.91. The van der Waals surface area contributed by atoms with Gasteiger partial charge >= 0.3 is 0 Å². The van der Waals surface area contributed by atoms with Gasteiger partial charge in [-0.3, -0.25) is 4.79 Å². The van der Waals surface area contributed by atoms with Crippen LogP contribution in [0.4, 0.5) is 5.69 Å². The summed E-state index contributed by atoms with van der Waals surface area (Å²) in [5.74, 6) is 0.498. The molecule has 1 heterocycles. The minimum Gasteiger partial charge on any atom is -0.484 e. The molecule has 0 spiro atoms. The maximum absolute atomic E-state index is 12.0. The van der Waals surface area contributed by atoms with E-state index in [1.807, 2.05) is 67.8 Å². The van der Waals surface area contributed by atoms with Crippen molar-refractivity contribution in [2.75, 3.05) is 11.9 Å². The Morgan fingerprint density at radius 1 is 1.08 bits per heavy atom. The van der Waals surface area contributed by atoms with E-state index < -0.39 is 0 Å². The molecule has 1 N–H and O–H groups in total. The average molecular weight is 338 g/mol. The van der Waals surface area contributed by atoms with Crippen LogP contribution in [0.2, 0.25) is 0 Å². The molecule has 0 aliphatic rings. The molecule has 0 aliphatic carbocycles. The van der Waals surface area contributed by atoms with Crippen molar-refractivity contribution in [3.63, 3.8) is 0 Å². The van der Waals surface area contributed by atoms with E-state index in [4.69, 9.17) is 4.74 Å². The molecule has 0 radical (unpaired) electrons. The van der Waals surface area contributed by atoms with Gasteiger partial charge in [0.05, 0.1) is 10.7 Å². The first-order valence-corrected chi connectivity index (χ1v) is 8.50. The van der Waals surface area contributed by atoms with E-state index in [1.54, 1.807) is 11.3 Å². The van der Waals surface area contributed by atoms with E-state index >= 15 is 0 Å². The lowest BCUT2D eigenvalue weighted by molar-refractivity contribution is -0.118. The van der Waals surface area contributed by atoms with Crippen molar-refractivity contribution in [1.82, 2.24) is 4.98 Å². The summed E-state index contributed by atoms with van der Waals surface area (Å²) in [6, 6.07) is 15.2. The van der Waals surface area contributed by atoms with Crippen LogP contribution in [-0.4, -0.2) is 17.5 Å². The van der Waals surface area contributed by atoms with E-state index in [2.05, 4.69) is 10.3 Å². The molecule has 1 amide bonds. The molecule has 0 aliphatic heterocycles. The van der Waals surface area contributed by atoms with Crippen LogP contribution in [0.1, 0.15) is 10.6 Å². The number of carbonyl (C=O) groups is 1. The standard InChI is InChI=1S/C19H18N2O2S/c1-13-3-9-17(10-4-13)23-11-19(22)21-16-7-5-15(6-8-16)18-12-24-14(2)20-18/h3-10,12H,11H2,1-2H3,(H,21,22). The van der Waals surface area contributed by atoms with Crippen molar-refractivity contribution in [3.8, 4) is 17.0 Å². The third-order valence-electron chi connectivity index (χ3n) is 3.47. The van der Waals surface area contributed by atoms with Gasteiger partial charge < -0.3 is 10.1 Å². The summed E-state index contributed by atoms with van der Waals surface area (Å²) in [5, 5.41) is 5.89. The zero-order valence-corrected chi connectivity index (χ0v) is 14.4. The molecular weight excluding hydrogens is 320 g/mol. The fourth-order valence-corrected chi connectivity index (χ4v) is 2.82. The highest BCUT2D eigenvalue weighted by molar-refractivity contribution is 7.09. The number of anilines is 1. The molecule has 1 aromatic heterocycles. The second-order valence-corrected chi connectivity index (χ2v) is 6.54. The number of benzene rings is 2. The highest BCUT2D eigenvalue weighted by atomic mass is 32.1. The second kappa shape index (κ2) is 7.27. The van der Waals surface area contributed by atoms with E-state index in [-0.39, 0.29) is 12.5 Å². The van der Waals surface area contributed by atoms with E-state index in [0.717, 1.165) is 27.5 Å². The summed E-state index contributed by atoms with van der Waals surface area (Å²) in [6.07, 6.45) is 0. The van der Waals surface area contributed by atoms with Crippen LogP contribution in [0, 0.1) is 13.8 Å². The van der Waals surface area contributed by atoms with E-state index in [1.165, 1.54) is 0 Å². The van der Waals surface area contributed by atoms with Gasteiger partial charge in [0.1, 0.15) is 5.75 Å². The zero-order valence-electron chi connectivity index (χ0n) is 13.6. The Morgan fingerprint density at radius 3 is 2.42 bits per heavy atom. The number of nitrogens with zero attached hydrogens (tertiary/aromatic N) is 1. The Labute approximate surface area is 145 Å². The molecule has 0 saturated heterocycles. The molecule has 4 nitrogen and oxygen atoms in total. The topological polar surface area (TPSA) is 51.2 Å². The number of hydrogen-bond donors (Lipinski definition) is 1. The third-order valence-corrected chi connectivity index (χ3v) is 4.25. The summed E-state index contributed by atoms with van der Waals surface area (Å²) in [4.78, 5) is 16.4. The minimum absolute atomic E-state index is 0.0178. The molecule has 0 saturated carbocycles. The average Bonchev–Trinajstić information content (AvgIpc) is 3.01. The SMILES string of the molecule is Cc1ccc(OCC(=O)Nc2ccc(-c3csc(C)n3)cc2)cc1. The molecular formula is C19H18N2O2S. The smallest absolute Gasteiger partial charge is 0.262 e. The Balaban J connectivity index is 1.55. The number of aryl methyl sites for hydroxylation is 2. The van der Waals surface area contributed by atoms with Gasteiger partial charge in [0.2, 0.25) is 0 Å². The van der Waals surface area contributed by atoms with Gasteiger partial charge in [0, 0.05) is 16.6 Å². The van der Waals surface area contributed by atoms with Crippen molar-refractivity contribution in [3.05, 3.63) is 64.5 Å². The van der Waals surface area contributed by atoms with Crippen molar-refractivity contribution in [2.45, 2.75) is 13.8 Å². The fraction of sp³-hybridized carbons (Fsp3) is 0.158. The molecule has 3 aromatic rings. The van der Waals surface area contributed by atoms with Crippen molar-refractivity contribution in [2.24, 2.45) is 0 Å². The van der Waals surface area contributed by atoms with Crippen molar-refractivity contribution < 1.29 is 9.53 Å². The Morgan fingerprint density at radius 2 is 1.79 bits per heavy atom. The van der Waals surface area contributed by atoms with Crippen LogP contribution in [-0.2, 0) is 4.79 Å². The first-order chi connectivity index (χ1) is 11.6. The molecule has 0 unspecified atom stereocenters. The number of nitrogens with one attached hydrogen (secondary N) is 1. The summed E-state index contributed by atoms with van der Waals surface area (Å²) in [7, 11) is 0. The quantitative estimate of drug-likeness (QED) is 0.748. The van der Waals surface area contributed by atoms with Crippen molar-refractivity contribution >= 4 is 22.9 Å². The lowest BCUT2D eigenvalue weighted by atomic mass is 10.1. The van der Waals surface area contributed by atoms with Gasteiger partial charge in [0.25, 0.3) is 5.91 Å². The Hall–Kier alpha value is -2.66. The van der Waals surface area contributed by atoms with Gasteiger partial charge in [0.15, 0.2) is 6.61 Å². The first kappa shape index (κ1) is 16.2. The molecule has 2 aromatic carbocycles. The summed E-state index contributed by atoms with van der Waals surface area (Å²) >= 11 is 1.62. The van der Waals surface area contributed by atoms with Crippen molar-refractivity contribution in [1.29, 1.82) is 0 Å². The predicted octanol–water partition coefficient (Wildman–Crippen LogP) is 4.44. The molecule has 0 fully saturated rings. The molecule has 0 bridgehead atoms. The maximum Gasteiger partial charge on any atom is 0.262 e. The Bertz CT molecular complexity index is 823. The number of hydrogen-bond acceptors (Lipinski definition) is 4. The minimum atomic E-state index is -0.187. The number of aromatic nitrogens is 1. The highest BCUT2D eigenvalue weighted by Crippen LogP contribution is 2.23. The van der Waals surface area contributed by atoms with Crippen LogP contribution >= 0.6 is 11.3 Å². The summed E-state index contributed by atoms with van der Waals surface area (Å²) in [5.41, 5.74) is 3.89. The van der Waals surface area contributed by atoms with Crippen LogP contribution in [0.3, 0.4) is 0 Å². The number of amides is 1. The lowest BCUT2D eigenvalue weighted by Crippen LogP contribution is -2.20. The molecule has 24 heavy (non-hydrogen) atoms. The number of ether oxygens (including phenoxy) is 1. The molecule has 5 heteroatoms. The zero-order chi connectivity index (χ0) is 16.9. The number of carbonyl (C=O) groups excluding carboxylic acids is 1. The lowest BCUT2D eigenvalue weighted by Gasteiger charge is -2.08. The maximum atomic E-state index is 12.0. The third kappa shape index (κ3) is 4.20. The predicted molar refractivity (Wildman–Crippen MR) is 97.6 cm³/mol. The van der Waals surface area contributed by atoms with Gasteiger partial charge in [-0.2, -0.15) is 0 Å². The van der Waals surface area contributed by atoms with Gasteiger partial charge in [-0.1, -0.05) is 29.8 Å². The van der Waals surface area contributed by atoms with Gasteiger partial charge in [-0.05, 0) is 38.1 Å². The number of thiazole rings is 1. The van der Waals surface area contributed by atoms with Crippen LogP contribution < -0.4 is 10.1 Å². The summed E-state index contributed by atoms with van der Waals surface area (Å²) < 4.78 is 5.47. The van der Waals surface area contributed by atoms with Crippen LogP contribution in [0.15, 0.2) is 53.9 Å².